The third kappa shape index (κ3) is 3.27. The number of hydrogen-bond acceptors (Lipinski definition) is 2. The van der Waals surface area contributed by atoms with Crippen molar-refractivity contribution in [2.75, 3.05) is 0 Å². The zero-order valence-electron chi connectivity index (χ0n) is 12.9. The van der Waals surface area contributed by atoms with E-state index in [2.05, 4.69) is 10.1 Å². The molecule has 2 aromatic carbocycles. The van der Waals surface area contributed by atoms with Crippen molar-refractivity contribution in [3.05, 3.63) is 80.7 Å². The van der Waals surface area contributed by atoms with Crippen LogP contribution in [0.2, 0.25) is 5.02 Å². The second-order valence-corrected chi connectivity index (χ2v) is 5.80. The van der Waals surface area contributed by atoms with Gasteiger partial charge in [-0.15, -0.1) is 0 Å². The van der Waals surface area contributed by atoms with E-state index in [4.69, 9.17) is 11.6 Å². The Hall–Kier alpha value is -2.59. The van der Waals surface area contributed by atoms with Gasteiger partial charge in [-0.3, -0.25) is 14.9 Å². The van der Waals surface area contributed by atoms with Crippen molar-refractivity contribution in [2.24, 2.45) is 4.99 Å². The van der Waals surface area contributed by atoms with E-state index >= 15 is 0 Å². The van der Waals surface area contributed by atoms with Crippen LogP contribution in [0.1, 0.15) is 16.8 Å². The lowest BCUT2D eigenvalue weighted by Gasteiger charge is -2.01. The first kappa shape index (κ1) is 15.3. The molecule has 0 saturated carbocycles. The monoisotopic (exact) mass is 325 g/mol. The lowest BCUT2D eigenvalue weighted by atomic mass is 10.2. The maximum atomic E-state index is 12.6. The quantitative estimate of drug-likeness (QED) is 0.721. The lowest BCUT2D eigenvalue weighted by molar-refractivity contribution is 0.835. The molecule has 4 nitrogen and oxygen atoms in total. The first-order valence-corrected chi connectivity index (χ1v) is 7.61. The van der Waals surface area contributed by atoms with Crippen molar-refractivity contribution in [2.45, 2.75) is 13.8 Å². The predicted molar refractivity (Wildman–Crippen MR) is 94.6 cm³/mol. The first-order valence-electron chi connectivity index (χ1n) is 7.23. The number of H-pyrrole nitrogens is 1. The normalized spacial score (nSPS) is 11.3. The summed E-state index contributed by atoms with van der Waals surface area (Å²) >= 11 is 5.99. The number of aromatic amines is 1. The first-order chi connectivity index (χ1) is 11.0. The standard InChI is InChI=1S/C18H16ClN3O/c1-12-6-8-15(9-7-12)20-11-17-13(2)21-22(18(17)23)16-5-3-4-14(19)10-16/h3-11,21H,1-2H3. The highest BCUT2D eigenvalue weighted by Gasteiger charge is 2.10. The van der Waals surface area contributed by atoms with E-state index in [-0.39, 0.29) is 5.56 Å². The van der Waals surface area contributed by atoms with Crippen LogP contribution >= 0.6 is 11.6 Å². The molecule has 0 radical (unpaired) electrons. The van der Waals surface area contributed by atoms with Crippen molar-refractivity contribution in [1.82, 2.24) is 9.78 Å². The Labute approximate surface area is 139 Å². The third-order valence-corrected chi connectivity index (χ3v) is 3.80. The summed E-state index contributed by atoms with van der Waals surface area (Å²) < 4.78 is 1.47. The number of halogens is 1. The fourth-order valence-electron chi connectivity index (χ4n) is 2.28. The molecule has 0 atom stereocenters. The highest BCUT2D eigenvalue weighted by Crippen LogP contribution is 2.15. The molecule has 5 heteroatoms. The van der Waals surface area contributed by atoms with Gasteiger partial charge in [0.2, 0.25) is 0 Å². The van der Waals surface area contributed by atoms with Crippen LogP contribution < -0.4 is 5.56 Å². The molecule has 0 bridgehead atoms. The van der Waals surface area contributed by atoms with Gasteiger partial charge in [-0.1, -0.05) is 35.4 Å². The van der Waals surface area contributed by atoms with Crippen molar-refractivity contribution in [3.8, 4) is 5.69 Å². The van der Waals surface area contributed by atoms with Gasteiger partial charge in [0.25, 0.3) is 5.56 Å². The van der Waals surface area contributed by atoms with E-state index in [9.17, 15) is 4.79 Å². The number of aromatic nitrogens is 2. The van der Waals surface area contributed by atoms with Gasteiger partial charge in [-0.25, -0.2) is 4.68 Å². The number of aryl methyl sites for hydroxylation is 2. The zero-order valence-corrected chi connectivity index (χ0v) is 13.6. The van der Waals surface area contributed by atoms with E-state index in [0.29, 0.717) is 16.3 Å². The summed E-state index contributed by atoms with van der Waals surface area (Å²) in [5.41, 5.74) is 3.81. The molecule has 0 unspecified atom stereocenters. The van der Waals surface area contributed by atoms with E-state index in [0.717, 1.165) is 11.4 Å². The summed E-state index contributed by atoms with van der Waals surface area (Å²) in [5, 5.41) is 3.64. The van der Waals surface area contributed by atoms with E-state index < -0.39 is 0 Å². The Balaban J connectivity index is 1.98. The van der Waals surface area contributed by atoms with Crippen LogP contribution in [0, 0.1) is 13.8 Å². The third-order valence-electron chi connectivity index (χ3n) is 3.56. The molecular formula is C18H16ClN3O. The van der Waals surface area contributed by atoms with Gasteiger partial charge in [-0.05, 0) is 44.2 Å². The molecule has 3 rings (SSSR count). The van der Waals surface area contributed by atoms with Crippen molar-refractivity contribution >= 4 is 23.5 Å². The number of nitrogens with one attached hydrogen (secondary N) is 1. The molecular weight excluding hydrogens is 310 g/mol. The molecule has 0 aliphatic heterocycles. The molecule has 0 amide bonds. The van der Waals surface area contributed by atoms with Crippen LogP contribution in [0.4, 0.5) is 5.69 Å². The zero-order chi connectivity index (χ0) is 16.4. The van der Waals surface area contributed by atoms with Crippen LogP contribution in [-0.2, 0) is 0 Å². The average molecular weight is 326 g/mol. The van der Waals surface area contributed by atoms with Crippen molar-refractivity contribution in [1.29, 1.82) is 0 Å². The fraction of sp³-hybridized carbons (Fsp3) is 0.111. The Morgan fingerprint density at radius 3 is 2.57 bits per heavy atom. The Kier molecular flexibility index (Phi) is 4.17. The molecule has 0 spiro atoms. The summed E-state index contributed by atoms with van der Waals surface area (Å²) in [4.78, 5) is 17.0. The minimum atomic E-state index is -0.152. The molecule has 23 heavy (non-hydrogen) atoms. The number of nitrogens with zero attached hydrogens (tertiary/aromatic N) is 2. The van der Waals surface area contributed by atoms with E-state index in [1.54, 1.807) is 24.4 Å². The Bertz CT molecular complexity index is 920. The molecule has 116 valence electrons. The SMILES string of the molecule is Cc1ccc(N=Cc2c(C)[nH]n(-c3cccc(Cl)c3)c2=O)cc1. The molecule has 3 aromatic rings. The van der Waals surface area contributed by atoms with Crippen LogP contribution in [0.5, 0.6) is 0 Å². The summed E-state index contributed by atoms with van der Waals surface area (Å²) in [6.45, 7) is 3.87. The van der Waals surface area contributed by atoms with Gasteiger partial charge in [0.05, 0.1) is 16.9 Å². The smallest absolute Gasteiger partial charge is 0.280 e. The largest absolute Gasteiger partial charge is 0.295 e. The Morgan fingerprint density at radius 1 is 1.13 bits per heavy atom. The van der Waals surface area contributed by atoms with E-state index in [1.165, 1.54) is 10.2 Å². The highest BCUT2D eigenvalue weighted by molar-refractivity contribution is 6.30. The highest BCUT2D eigenvalue weighted by atomic mass is 35.5. The summed E-state index contributed by atoms with van der Waals surface area (Å²) in [5.74, 6) is 0. The maximum absolute atomic E-state index is 12.6. The molecule has 0 fully saturated rings. The van der Waals surface area contributed by atoms with Gasteiger partial charge in [0.1, 0.15) is 0 Å². The number of benzene rings is 2. The number of aliphatic imine (C=N–C) groups is 1. The van der Waals surface area contributed by atoms with Crippen LogP contribution in [0.25, 0.3) is 5.69 Å². The van der Waals surface area contributed by atoms with Gasteiger partial charge in [0.15, 0.2) is 0 Å². The second kappa shape index (κ2) is 6.26. The summed E-state index contributed by atoms with van der Waals surface area (Å²) in [7, 11) is 0. The fourth-order valence-corrected chi connectivity index (χ4v) is 2.46. The van der Waals surface area contributed by atoms with Crippen LogP contribution in [0.3, 0.4) is 0 Å². The predicted octanol–water partition coefficient (Wildman–Crippen LogP) is 4.19. The maximum Gasteiger partial charge on any atom is 0.280 e. The van der Waals surface area contributed by atoms with Crippen molar-refractivity contribution in [3.63, 3.8) is 0 Å². The molecule has 0 saturated heterocycles. The Morgan fingerprint density at radius 2 is 1.87 bits per heavy atom. The summed E-state index contributed by atoms with van der Waals surface area (Å²) in [6.07, 6.45) is 1.60. The molecule has 1 aromatic heterocycles. The second-order valence-electron chi connectivity index (χ2n) is 5.36. The number of hydrogen-bond donors (Lipinski definition) is 1. The topological polar surface area (TPSA) is 50.1 Å². The molecule has 1 N–H and O–H groups in total. The molecule has 1 heterocycles. The average Bonchev–Trinajstić information content (AvgIpc) is 2.82. The number of rotatable bonds is 3. The minimum Gasteiger partial charge on any atom is -0.295 e. The van der Waals surface area contributed by atoms with Gasteiger partial charge >= 0.3 is 0 Å². The van der Waals surface area contributed by atoms with Crippen molar-refractivity contribution < 1.29 is 0 Å². The lowest BCUT2D eigenvalue weighted by Crippen LogP contribution is -2.17. The van der Waals surface area contributed by atoms with Crippen LogP contribution in [-0.4, -0.2) is 16.0 Å². The van der Waals surface area contributed by atoms with Gasteiger partial charge in [-0.2, -0.15) is 0 Å². The molecule has 0 aliphatic rings. The molecule has 0 aliphatic carbocycles. The summed E-state index contributed by atoms with van der Waals surface area (Å²) in [6, 6.07) is 14.9. The van der Waals surface area contributed by atoms with Gasteiger partial charge in [0, 0.05) is 16.9 Å². The van der Waals surface area contributed by atoms with Crippen LogP contribution in [0.15, 0.2) is 58.3 Å². The van der Waals surface area contributed by atoms with E-state index in [1.807, 2.05) is 44.2 Å². The van der Waals surface area contributed by atoms with Gasteiger partial charge < -0.3 is 0 Å². The minimum absolute atomic E-state index is 0.152.